The summed E-state index contributed by atoms with van der Waals surface area (Å²) >= 11 is 5.90. The highest BCUT2D eigenvalue weighted by Gasteiger charge is 2.05. The van der Waals surface area contributed by atoms with Crippen molar-refractivity contribution >= 4 is 29.2 Å². The molecule has 1 rings (SSSR count). The van der Waals surface area contributed by atoms with Gasteiger partial charge in [0.2, 0.25) is 5.91 Å². The van der Waals surface area contributed by atoms with E-state index in [-0.39, 0.29) is 6.54 Å². The van der Waals surface area contributed by atoms with Gasteiger partial charge in [0.25, 0.3) is 0 Å². The molecule has 0 aliphatic rings. The highest BCUT2D eigenvalue weighted by Crippen LogP contribution is 2.22. The molecule has 0 aliphatic heterocycles. The molecule has 0 saturated carbocycles. The van der Waals surface area contributed by atoms with Crippen LogP contribution < -0.4 is 16.4 Å². The van der Waals surface area contributed by atoms with Gasteiger partial charge in [0.05, 0.1) is 6.54 Å². The summed E-state index contributed by atoms with van der Waals surface area (Å²) in [6.07, 6.45) is 0. The van der Waals surface area contributed by atoms with E-state index in [9.17, 15) is 9.59 Å². The first-order chi connectivity index (χ1) is 7.50. The zero-order valence-corrected chi connectivity index (χ0v) is 9.47. The number of hydrogen-bond acceptors (Lipinski definition) is 3. The number of carbonyl (C=O) groups excluding carboxylic acids is 2. The molecule has 1 aromatic carbocycles. The molecule has 5 nitrogen and oxygen atoms in total. The lowest BCUT2D eigenvalue weighted by atomic mass is 10.2. The molecule has 0 fully saturated rings. The van der Waals surface area contributed by atoms with Gasteiger partial charge in [0.1, 0.15) is 0 Å². The summed E-state index contributed by atoms with van der Waals surface area (Å²) < 4.78 is 0. The number of imide groups is 1. The first-order valence-electron chi connectivity index (χ1n) is 4.59. The number of amides is 3. The van der Waals surface area contributed by atoms with Gasteiger partial charge in [-0.05, 0) is 24.6 Å². The normalized spacial score (nSPS) is 9.62. The molecular formula is C10H12ClN3O2. The summed E-state index contributed by atoms with van der Waals surface area (Å²) in [6.45, 7) is 1.79. The number of nitrogens with two attached hydrogens (primary N) is 1. The van der Waals surface area contributed by atoms with E-state index in [1.807, 2.05) is 12.2 Å². The lowest BCUT2D eigenvalue weighted by Crippen LogP contribution is -2.38. The van der Waals surface area contributed by atoms with Crippen molar-refractivity contribution in [1.82, 2.24) is 5.32 Å². The fraction of sp³-hybridized carbons (Fsp3) is 0.200. The molecule has 0 aliphatic carbocycles. The third-order valence-electron chi connectivity index (χ3n) is 1.97. The van der Waals surface area contributed by atoms with Crippen LogP contribution in [0.3, 0.4) is 0 Å². The minimum absolute atomic E-state index is 0.0376. The molecule has 0 atom stereocenters. The van der Waals surface area contributed by atoms with Crippen LogP contribution in [-0.2, 0) is 4.79 Å². The van der Waals surface area contributed by atoms with Crippen LogP contribution in [-0.4, -0.2) is 18.5 Å². The van der Waals surface area contributed by atoms with Gasteiger partial charge < -0.3 is 11.1 Å². The fourth-order valence-corrected chi connectivity index (χ4v) is 1.33. The Hall–Kier alpha value is -1.75. The lowest BCUT2D eigenvalue weighted by Gasteiger charge is -2.09. The van der Waals surface area contributed by atoms with Gasteiger partial charge in [-0.1, -0.05) is 17.7 Å². The molecule has 6 heteroatoms. The van der Waals surface area contributed by atoms with Crippen LogP contribution in [0, 0.1) is 6.92 Å². The average molecular weight is 242 g/mol. The van der Waals surface area contributed by atoms with Gasteiger partial charge in [-0.15, -0.1) is 0 Å². The molecule has 0 saturated heterocycles. The Kier molecular flexibility index (Phi) is 4.13. The minimum Gasteiger partial charge on any atom is -0.376 e. The van der Waals surface area contributed by atoms with Crippen molar-refractivity contribution in [3.8, 4) is 0 Å². The molecular weight excluding hydrogens is 230 g/mol. The molecule has 0 bridgehead atoms. The maximum atomic E-state index is 11.1. The average Bonchev–Trinajstić information content (AvgIpc) is 2.19. The second-order valence-electron chi connectivity index (χ2n) is 3.18. The molecule has 0 aromatic heterocycles. The molecule has 0 unspecified atom stereocenters. The molecule has 4 N–H and O–H groups in total. The van der Waals surface area contributed by atoms with E-state index < -0.39 is 11.9 Å². The fourth-order valence-electron chi connectivity index (χ4n) is 1.16. The third kappa shape index (κ3) is 3.43. The maximum Gasteiger partial charge on any atom is 0.318 e. The largest absolute Gasteiger partial charge is 0.376 e. The summed E-state index contributed by atoms with van der Waals surface area (Å²) in [5.74, 6) is -0.494. The number of anilines is 1. The molecule has 16 heavy (non-hydrogen) atoms. The van der Waals surface area contributed by atoms with Crippen molar-refractivity contribution in [3.63, 3.8) is 0 Å². The first kappa shape index (κ1) is 12.3. The van der Waals surface area contributed by atoms with Crippen molar-refractivity contribution in [1.29, 1.82) is 0 Å². The van der Waals surface area contributed by atoms with Crippen LogP contribution in [0.2, 0.25) is 5.02 Å². The Morgan fingerprint density at radius 1 is 1.44 bits per heavy atom. The van der Waals surface area contributed by atoms with Crippen molar-refractivity contribution in [2.75, 3.05) is 11.9 Å². The van der Waals surface area contributed by atoms with Crippen molar-refractivity contribution < 1.29 is 9.59 Å². The quantitative estimate of drug-likeness (QED) is 0.745. The van der Waals surface area contributed by atoms with E-state index in [1.54, 1.807) is 18.2 Å². The Morgan fingerprint density at radius 2 is 2.12 bits per heavy atom. The Labute approximate surface area is 98.0 Å². The summed E-state index contributed by atoms with van der Waals surface area (Å²) in [7, 11) is 0. The number of urea groups is 1. The number of nitrogens with one attached hydrogen (secondary N) is 2. The van der Waals surface area contributed by atoms with Crippen LogP contribution in [0.15, 0.2) is 18.2 Å². The van der Waals surface area contributed by atoms with Crippen molar-refractivity contribution in [2.24, 2.45) is 5.73 Å². The molecule has 0 spiro atoms. The Morgan fingerprint density at radius 3 is 2.75 bits per heavy atom. The Bertz CT molecular complexity index is 421. The topological polar surface area (TPSA) is 84.2 Å². The minimum atomic E-state index is -0.866. The number of primary amides is 1. The van der Waals surface area contributed by atoms with E-state index in [0.29, 0.717) is 5.02 Å². The Balaban J connectivity index is 2.58. The lowest BCUT2D eigenvalue weighted by molar-refractivity contribution is -0.118. The summed E-state index contributed by atoms with van der Waals surface area (Å²) in [4.78, 5) is 21.5. The number of halogens is 1. The van der Waals surface area contributed by atoms with Crippen LogP contribution in [0.5, 0.6) is 0 Å². The second-order valence-corrected chi connectivity index (χ2v) is 3.59. The van der Waals surface area contributed by atoms with E-state index in [0.717, 1.165) is 11.3 Å². The SMILES string of the molecule is Cc1c(Cl)cccc1NCC(=O)NC(N)=O. The standard InChI is InChI=1S/C10H12ClN3O2/c1-6-7(11)3-2-4-8(6)13-5-9(15)14-10(12)16/h2-4,13H,5H2,1H3,(H3,12,14,15,16). The zero-order valence-electron chi connectivity index (χ0n) is 8.71. The van der Waals surface area contributed by atoms with Gasteiger partial charge in [0, 0.05) is 10.7 Å². The van der Waals surface area contributed by atoms with E-state index in [1.165, 1.54) is 0 Å². The van der Waals surface area contributed by atoms with E-state index >= 15 is 0 Å². The predicted octanol–water partition coefficient (Wildman–Crippen LogP) is 1.26. The summed E-state index contributed by atoms with van der Waals surface area (Å²) in [5.41, 5.74) is 6.38. The monoisotopic (exact) mass is 241 g/mol. The van der Waals surface area contributed by atoms with Gasteiger partial charge in [-0.2, -0.15) is 0 Å². The highest BCUT2D eigenvalue weighted by molar-refractivity contribution is 6.31. The first-order valence-corrected chi connectivity index (χ1v) is 4.96. The number of hydrogen-bond donors (Lipinski definition) is 3. The van der Waals surface area contributed by atoms with Crippen LogP contribution >= 0.6 is 11.6 Å². The number of rotatable bonds is 3. The zero-order chi connectivity index (χ0) is 12.1. The molecule has 0 radical (unpaired) electrons. The summed E-state index contributed by atoms with van der Waals surface area (Å²) in [6, 6.07) is 4.45. The maximum absolute atomic E-state index is 11.1. The third-order valence-corrected chi connectivity index (χ3v) is 2.38. The van der Waals surface area contributed by atoms with Crippen molar-refractivity contribution in [3.05, 3.63) is 28.8 Å². The van der Waals surface area contributed by atoms with Gasteiger partial charge in [0.15, 0.2) is 0 Å². The van der Waals surface area contributed by atoms with Crippen molar-refractivity contribution in [2.45, 2.75) is 6.92 Å². The van der Waals surface area contributed by atoms with E-state index in [4.69, 9.17) is 17.3 Å². The number of benzene rings is 1. The molecule has 0 heterocycles. The second kappa shape index (κ2) is 5.37. The van der Waals surface area contributed by atoms with Gasteiger partial charge in [-0.3, -0.25) is 10.1 Å². The summed E-state index contributed by atoms with van der Waals surface area (Å²) in [5, 5.41) is 5.42. The van der Waals surface area contributed by atoms with Crippen LogP contribution in [0.4, 0.5) is 10.5 Å². The number of carbonyl (C=O) groups is 2. The van der Waals surface area contributed by atoms with E-state index in [2.05, 4.69) is 5.32 Å². The molecule has 1 aromatic rings. The van der Waals surface area contributed by atoms with Gasteiger partial charge in [-0.25, -0.2) is 4.79 Å². The smallest absolute Gasteiger partial charge is 0.318 e. The molecule has 86 valence electrons. The molecule has 3 amide bonds. The predicted molar refractivity (Wildman–Crippen MR) is 62.4 cm³/mol. The van der Waals surface area contributed by atoms with Gasteiger partial charge >= 0.3 is 6.03 Å². The highest BCUT2D eigenvalue weighted by atomic mass is 35.5. The van der Waals surface area contributed by atoms with Crippen LogP contribution in [0.1, 0.15) is 5.56 Å². The van der Waals surface area contributed by atoms with Crippen LogP contribution in [0.25, 0.3) is 0 Å².